The normalized spacial score (nSPS) is 15.3. The lowest BCUT2D eigenvalue weighted by atomic mass is 10.1. The minimum absolute atomic E-state index is 0.0320. The van der Waals surface area contributed by atoms with Crippen molar-refractivity contribution < 1.29 is 31.1 Å². The number of hydrogen-bond donors (Lipinski definition) is 2. The van der Waals surface area contributed by atoms with E-state index in [1.807, 2.05) is 0 Å². The molecule has 2 N–H and O–H groups in total. The second-order valence-corrected chi connectivity index (χ2v) is 10.1. The zero-order valence-electron chi connectivity index (χ0n) is 22.7. The number of hydrogen-bond acceptors (Lipinski definition) is 9. The molecule has 0 spiro atoms. The third-order valence-electron chi connectivity index (χ3n) is 6.83. The largest absolute Gasteiger partial charge is 0.491 e. The summed E-state index contributed by atoms with van der Waals surface area (Å²) in [6.07, 6.45) is -0.862. The van der Waals surface area contributed by atoms with Crippen molar-refractivity contribution in [1.82, 2.24) is 29.7 Å². The summed E-state index contributed by atoms with van der Waals surface area (Å²) in [4.78, 5) is 38.6. The van der Waals surface area contributed by atoms with Crippen molar-refractivity contribution in [2.75, 3.05) is 30.4 Å². The average Bonchev–Trinajstić information content (AvgIpc) is 2.92. The number of alkyl halides is 5. The third kappa shape index (κ3) is 6.10. The van der Waals surface area contributed by atoms with Crippen LogP contribution in [0.1, 0.15) is 25.3 Å². The SMILES string of the molecule is COc1cnc(-c2cc3ncn(CCC[C@H](C)Nc4cn[nH]c(=O)c4C(F)(F)F)c(=O)c3cc2F)nc1N1CC(F)(F)C1. The van der Waals surface area contributed by atoms with Gasteiger partial charge in [-0.05, 0) is 31.9 Å². The zero-order valence-corrected chi connectivity index (χ0v) is 22.7. The molecule has 4 aromatic rings. The first kappa shape index (κ1) is 29.8. The molecule has 1 aromatic carbocycles. The highest BCUT2D eigenvalue weighted by Crippen LogP contribution is 2.37. The summed E-state index contributed by atoms with van der Waals surface area (Å²) in [5.74, 6) is -3.60. The second-order valence-electron chi connectivity index (χ2n) is 10.1. The molecule has 1 atom stereocenters. The number of aromatic amines is 1. The predicted molar refractivity (Wildman–Crippen MR) is 143 cm³/mol. The Labute approximate surface area is 238 Å². The van der Waals surface area contributed by atoms with Crippen LogP contribution in [0, 0.1) is 5.82 Å². The molecular weight excluding hydrogens is 586 g/mol. The molecule has 228 valence electrons. The number of H-pyrrole nitrogens is 1. The van der Waals surface area contributed by atoms with Crippen LogP contribution in [0.4, 0.5) is 37.8 Å². The Kier molecular flexibility index (Phi) is 7.74. The standard InChI is InChI=1S/C26H24F6N8O3/c1-13(36-18-8-35-38-23(41)20(18)26(30,31)32)4-3-5-39-12-34-17-7-14(16(27)6-15(17)24(39)42)21-33-9-19(43-2)22(37-21)40-10-25(28,29)11-40/h6-9,12-13H,3-5,10-11H2,1-2H3,(H2,36,38,41)/t13-/m0/s1. The Morgan fingerprint density at radius 3 is 2.58 bits per heavy atom. The first-order chi connectivity index (χ1) is 20.3. The summed E-state index contributed by atoms with van der Waals surface area (Å²) in [7, 11) is 1.33. The number of methoxy groups -OCH3 is 1. The lowest BCUT2D eigenvalue weighted by molar-refractivity contribution is -0.138. The van der Waals surface area contributed by atoms with Crippen molar-refractivity contribution in [1.29, 1.82) is 0 Å². The topological polar surface area (TPSA) is 131 Å². The van der Waals surface area contributed by atoms with E-state index in [0.29, 0.717) is 12.8 Å². The van der Waals surface area contributed by atoms with Crippen molar-refractivity contribution in [3.63, 3.8) is 0 Å². The van der Waals surface area contributed by atoms with E-state index in [2.05, 4.69) is 25.4 Å². The van der Waals surface area contributed by atoms with E-state index in [9.17, 15) is 31.5 Å². The molecule has 0 unspecified atom stereocenters. The molecule has 0 saturated carbocycles. The number of halogens is 6. The fourth-order valence-electron chi connectivity index (χ4n) is 4.73. The van der Waals surface area contributed by atoms with Gasteiger partial charge in [0.05, 0.1) is 61.1 Å². The number of aryl methyl sites for hydroxylation is 1. The maximum Gasteiger partial charge on any atom is 0.423 e. The number of nitrogens with zero attached hydrogens (tertiary/aromatic N) is 6. The highest BCUT2D eigenvalue weighted by atomic mass is 19.4. The van der Waals surface area contributed by atoms with E-state index in [0.717, 1.165) is 12.3 Å². The molecule has 0 bridgehead atoms. The van der Waals surface area contributed by atoms with Crippen LogP contribution in [0.15, 0.2) is 40.4 Å². The van der Waals surface area contributed by atoms with Crippen molar-refractivity contribution >= 4 is 22.4 Å². The van der Waals surface area contributed by atoms with Gasteiger partial charge in [0.25, 0.3) is 17.0 Å². The minimum Gasteiger partial charge on any atom is -0.491 e. The van der Waals surface area contributed by atoms with Gasteiger partial charge >= 0.3 is 6.18 Å². The third-order valence-corrected chi connectivity index (χ3v) is 6.83. The molecule has 5 rings (SSSR count). The molecule has 3 aromatic heterocycles. The van der Waals surface area contributed by atoms with Gasteiger partial charge in [0, 0.05) is 12.6 Å². The molecule has 17 heteroatoms. The highest BCUT2D eigenvalue weighted by molar-refractivity contribution is 5.83. The molecule has 1 aliphatic heterocycles. The number of rotatable bonds is 9. The van der Waals surface area contributed by atoms with Gasteiger partial charge in [-0.15, -0.1) is 0 Å². The Bertz CT molecular complexity index is 1780. The van der Waals surface area contributed by atoms with Crippen molar-refractivity contribution in [3.8, 4) is 17.1 Å². The van der Waals surface area contributed by atoms with Crippen LogP contribution in [-0.2, 0) is 12.7 Å². The molecule has 11 nitrogen and oxygen atoms in total. The van der Waals surface area contributed by atoms with Gasteiger partial charge < -0.3 is 15.0 Å². The lowest BCUT2D eigenvalue weighted by Crippen LogP contribution is -2.56. The summed E-state index contributed by atoms with van der Waals surface area (Å²) in [6.45, 7) is 0.587. The van der Waals surface area contributed by atoms with Crippen LogP contribution < -0.4 is 26.1 Å². The number of nitrogens with one attached hydrogen (secondary N) is 2. The maximum absolute atomic E-state index is 15.2. The van der Waals surface area contributed by atoms with E-state index < -0.39 is 59.4 Å². The smallest absolute Gasteiger partial charge is 0.423 e. The molecule has 1 saturated heterocycles. The van der Waals surface area contributed by atoms with Crippen LogP contribution in [0.5, 0.6) is 5.75 Å². The first-order valence-corrected chi connectivity index (χ1v) is 12.9. The van der Waals surface area contributed by atoms with Gasteiger partial charge in [-0.2, -0.15) is 18.3 Å². The van der Waals surface area contributed by atoms with Crippen molar-refractivity contribution in [3.05, 3.63) is 62.9 Å². The van der Waals surface area contributed by atoms with Gasteiger partial charge in [-0.3, -0.25) is 14.2 Å². The van der Waals surface area contributed by atoms with Crippen LogP contribution in [0.3, 0.4) is 0 Å². The highest BCUT2D eigenvalue weighted by Gasteiger charge is 2.45. The van der Waals surface area contributed by atoms with E-state index in [1.165, 1.54) is 35.2 Å². The van der Waals surface area contributed by atoms with E-state index in [4.69, 9.17) is 4.74 Å². The average molecular weight is 611 g/mol. The molecule has 1 fully saturated rings. The van der Waals surface area contributed by atoms with E-state index >= 15 is 4.39 Å². The second kappa shape index (κ2) is 11.2. The van der Waals surface area contributed by atoms with E-state index in [-0.39, 0.29) is 40.4 Å². The number of anilines is 2. The van der Waals surface area contributed by atoms with Crippen molar-refractivity contribution in [2.45, 2.75) is 44.5 Å². The molecule has 4 heterocycles. The molecule has 0 aliphatic carbocycles. The lowest BCUT2D eigenvalue weighted by Gasteiger charge is -2.39. The van der Waals surface area contributed by atoms with Crippen LogP contribution in [0.25, 0.3) is 22.3 Å². The summed E-state index contributed by atoms with van der Waals surface area (Å²) in [5, 5.41) is 7.78. The molecule has 0 amide bonds. The summed E-state index contributed by atoms with van der Waals surface area (Å²) in [5.41, 5.74) is -3.72. The molecular formula is C26H24F6N8O3. The Balaban J connectivity index is 1.31. The monoisotopic (exact) mass is 610 g/mol. The van der Waals surface area contributed by atoms with Gasteiger partial charge in [-0.1, -0.05) is 0 Å². The Morgan fingerprint density at radius 1 is 1.16 bits per heavy atom. The molecule has 0 radical (unpaired) electrons. The molecule has 1 aliphatic rings. The van der Waals surface area contributed by atoms with E-state index in [1.54, 1.807) is 12.0 Å². The maximum atomic E-state index is 15.2. The number of ether oxygens (including phenoxy) is 1. The van der Waals surface area contributed by atoms with Crippen LogP contribution in [0.2, 0.25) is 0 Å². The predicted octanol–water partition coefficient (Wildman–Crippen LogP) is 3.84. The quantitative estimate of drug-likeness (QED) is 0.272. The number of aromatic nitrogens is 6. The van der Waals surface area contributed by atoms with Crippen LogP contribution in [-0.4, -0.2) is 61.9 Å². The Hall–Kier alpha value is -4.70. The fourth-order valence-corrected chi connectivity index (χ4v) is 4.73. The van der Waals surface area contributed by atoms with Gasteiger partial charge in [0.1, 0.15) is 11.4 Å². The number of benzene rings is 1. The summed E-state index contributed by atoms with van der Waals surface area (Å²) >= 11 is 0. The summed E-state index contributed by atoms with van der Waals surface area (Å²) < 4.78 is 88.3. The van der Waals surface area contributed by atoms with Crippen LogP contribution >= 0.6 is 0 Å². The Morgan fingerprint density at radius 2 is 1.91 bits per heavy atom. The van der Waals surface area contributed by atoms with Gasteiger partial charge in [0.2, 0.25) is 0 Å². The fraction of sp³-hybridized carbons (Fsp3) is 0.385. The van der Waals surface area contributed by atoms with Crippen molar-refractivity contribution in [2.24, 2.45) is 0 Å². The minimum atomic E-state index is -4.88. The van der Waals surface area contributed by atoms with Gasteiger partial charge in [-0.25, -0.2) is 33.2 Å². The zero-order chi connectivity index (χ0) is 31.1. The first-order valence-electron chi connectivity index (χ1n) is 12.9. The molecule has 43 heavy (non-hydrogen) atoms. The summed E-state index contributed by atoms with van der Waals surface area (Å²) in [6, 6.07) is 1.75. The number of fused-ring (bicyclic) bond motifs is 1. The van der Waals surface area contributed by atoms with Gasteiger partial charge in [0.15, 0.2) is 17.4 Å².